The first-order valence-electron chi connectivity index (χ1n) is 6.57. The van der Waals surface area contributed by atoms with Gasteiger partial charge in [-0.05, 0) is 38.0 Å². The van der Waals surface area contributed by atoms with Crippen LogP contribution >= 0.6 is 11.6 Å². The average molecular weight is 335 g/mol. The Morgan fingerprint density at radius 1 is 1.38 bits per heavy atom. The zero-order chi connectivity index (χ0) is 15.6. The van der Waals surface area contributed by atoms with Gasteiger partial charge in [0.25, 0.3) is 0 Å². The van der Waals surface area contributed by atoms with E-state index in [0.29, 0.717) is 13.1 Å². The standard InChI is InChI=1S/C13H16ClFN2O3S/c1-9(13(18)17-6-2-3-7-17)16-21(19,20)12-5-4-10(15)8-11(12)14/h4-5,8-9,16H,2-3,6-7H2,1H3. The summed E-state index contributed by atoms with van der Waals surface area (Å²) < 4.78 is 39.7. The lowest BCUT2D eigenvalue weighted by atomic mass is 10.3. The summed E-state index contributed by atoms with van der Waals surface area (Å²) in [5.74, 6) is -0.894. The van der Waals surface area contributed by atoms with Crippen LogP contribution in [0.2, 0.25) is 5.02 Å². The van der Waals surface area contributed by atoms with Gasteiger partial charge in [-0.3, -0.25) is 4.79 Å². The molecule has 1 heterocycles. The van der Waals surface area contributed by atoms with E-state index in [1.165, 1.54) is 6.92 Å². The van der Waals surface area contributed by atoms with E-state index in [0.717, 1.165) is 31.0 Å². The van der Waals surface area contributed by atoms with Gasteiger partial charge in [0, 0.05) is 13.1 Å². The molecule has 0 saturated carbocycles. The molecule has 1 aliphatic heterocycles. The lowest BCUT2D eigenvalue weighted by Crippen LogP contribution is -2.45. The Morgan fingerprint density at radius 2 is 2.00 bits per heavy atom. The molecule has 1 aliphatic rings. The van der Waals surface area contributed by atoms with E-state index in [4.69, 9.17) is 11.6 Å². The van der Waals surface area contributed by atoms with Gasteiger partial charge in [0.2, 0.25) is 15.9 Å². The monoisotopic (exact) mass is 334 g/mol. The number of halogens is 2. The molecule has 1 aromatic carbocycles. The predicted octanol–water partition coefficient (Wildman–Crippen LogP) is 1.77. The number of carbonyl (C=O) groups is 1. The molecule has 1 saturated heterocycles. The van der Waals surface area contributed by atoms with Gasteiger partial charge >= 0.3 is 0 Å². The van der Waals surface area contributed by atoms with Gasteiger partial charge < -0.3 is 4.90 Å². The molecule has 0 radical (unpaired) electrons. The Hall–Kier alpha value is -1.18. The Balaban J connectivity index is 2.14. The van der Waals surface area contributed by atoms with Crippen molar-refractivity contribution in [3.05, 3.63) is 29.0 Å². The van der Waals surface area contributed by atoms with Crippen molar-refractivity contribution in [3.8, 4) is 0 Å². The quantitative estimate of drug-likeness (QED) is 0.912. The summed E-state index contributed by atoms with van der Waals surface area (Å²) in [7, 11) is -3.98. The first kappa shape index (κ1) is 16.2. The number of benzene rings is 1. The second kappa shape index (κ2) is 6.29. The first-order chi connectivity index (χ1) is 9.81. The van der Waals surface area contributed by atoms with E-state index in [9.17, 15) is 17.6 Å². The van der Waals surface area contributed by atoms with Crippen LogP contribution in [0.5, 0.6) is 0 Å². The van der Waals surface area contributed by atoms with E-state index >= 15 is 0 Å². The van der Waals surface area contributed by atoms with Crippen molar-refractivity contribution in [1.82, 2.24) is 9.62 Å². The van der Waals surface area contributed by atoms with Crippen molar-refractivity contribution in [2.45, 2.75) is 30.7 Å². The first-order valence-corrected chi connectivity index (χ1v) is 8.43. The van der Waals surface area contributed by atoms with Gasteiger partial charge in [-0.15, -0.1) is 0 Å². The summed E-state index contributed by atoms with van der Waals surface area (Å²) >= 11 is 5.75. The molecule has 1 atom stereocenters. The van der Waals surface area contributed by atoms with Crippen LogP contribution in [0, 0.1) is 5.82 Å². The van der Waals surface area contributed by atoms with Crippen molar-refractivity contribution in [2.75, 3.05) is 13.1 Å². The second-order valence-corrected chi connectivity index (χ2v) is 7.04. The van der Waals surface area contributed by atoms with E-state index in [1.807, 2.05) is 0 Å². The Labute approximate surface area is 128 Å². The number of likely N-dealkylation sites (tertiary alicyclic amines) is 1. The maximum atomic E-state index is 13.0. The van der Waals surface area contributed by atoms with Crippen molar-refractivity contribution >= 4 is 27.5 Å². The molecule has 2 rings (SSSR count). The molecule has 0 aliphatic carbocycles. The fourth-order valence-corrected chi connectivity index (χ4v) is 3.98. The average Bonchev–Trinajstić information content (AvgIpc) is 2.90. The molecule has 116 valence electrons. The Kier molecular flexibility index (Phi) is 4.85. The van der Waals surface area contributed by atoms with Crippen LogP contribution in [0.3, 0.4) is 0 Å². The molecule has 21 heavy (non-hydrogen) atoms. The summed E-state index contributed by atoms with van der Waals surface area (Å²) in [5.41, 5.74) is 0. The molecule has 1 fully saturated rings. The summed E-state index contributed by atoms with van der Waals surface area (Å²) in [5, 5.41) is -0.219. The van der Waals surface area contributed by atoms with Crippen molar-refractivity contribution in [3.63, 3.8) is 0 Å². The van der Waals surface area contributed by atoms with Crippen LogP contribution in [0.25, 0.3) is 0 Å². The molecule has 0 spiro atoms. The van der Waals surface area contributed by atoms with Gasteiger partial charge in [-0.2, -0.15) is 4.72 Å². The minimum atomic E-state index is -3.98. The van der Waals surface area contributed by atoms with E-state index in [2.05, 4.69) is 4.72 Å². The minimum Gasteiger partial charge on any atom is -0.341 e. The van der Waals surface area contributed by atoms with Crippen LogP contribution in [-0.2, 0) is 14.8 Å². The highest BCUT2D eigenvalue weighted by molar-refractivity contribution is 7.89. The van der Waals surface area contributed by atoms with Crippen molar-refractivity contribution < 1.29 is 17.6 Å². The zero-order valence-corrected chi connectivity index (χ0v) is 13.0. The maximum absolute atomic E-state index is 13.0. The second-order valence-electron chi connectivity index (χ2n) is 4.95. The third-order valence-electron chi connectivity index (χ3n) is 3.30. The fourth-order valence-electron chi connectivity index (χ4n) is 2.25. The molecule has 8 heteroatoms. The van der Waals surface area contributed by atoms with Crippen molar-refractivity contribution in [1.29, 1.82) is 0 Å². The maximum Gasteiger partial charge on any atom is 0.242 e. The minimum absolute atomic E-state index is 0.219. The van der Waals surface area contributed by atoms with Crippen molar-refractivity contribution in [2.24, 2.45) is 0 Å². The normalized spacial score (nSPS) is 17.0. The Morgan fingerprint density at radius 3 is 2.57 bits per heavy atom. The lowest BCUT2D eigenvalue weighted by Gasteiger charge is -2.21. The summed E-state index contributed by atoms with van der Waals surface area (Å²) in [6, 6.07) is 2.11. The SMILES string of the molecule is CC(NS(=O)(=O)c1ccc(F)cc1Cl)C(=O)N1CCCC1. The number of rotatable bonds is 4. The molecule has 1 N–H and O–H groups in total. The third-order valence-corrected chi connectivity index (χ3v) is 5.33. The topological polar surface area (TPSA) is 66.5 Å². The molecule has 0 aromatic heterocycles. The summed E-state index contributed by atoms with van der Waals surface area (Å²) in [6.45, 7) is 2.76. The van der Waals surface area contributed by atoms with Crippen LogP contribution in [0.4, 0.5) is 4.39 Å². The highest BCUT2D eigenvalue weighted by atomic mass is 35.5. The molecule has 1 aromatic rings. The van der Waals surface area contributed by atoms with Crippen LogP contribution in [0.15, 0.2) is 23.1 Å². The smallest absolute Gasteiger partial charge is 0.242 e. The van der Waals surface area contributed by atoms with Gasteiger partial charge in [0.05, 0.1) is 11.1 Å². The van der Waals surface area contributed by atoms with E-state index < -0.39 is 21.9 Å². The van der Waals surface area contributed by atoms with Crippen LogP contribution in [-0.4, -0.2) is 38.4 Å². The van der Waals surface area contributed by atoms with Gasteiger partial charge in [-0.1, -0.05) is 11.6 Å². The molecule has 1 amide bonds. The summed E-state index contributed by atoms with van der Waals surface area (Å²) in [4.78, 5) is 13.5. The number of hydrogen-bond donors (Lipinski definition) is 1. The van der Waals surface area contributed by atoms with Gasteiger partial charge in [0.15, 0.2) is 0 Å². The molecule has 0 bridgehead atoms. The number of nitrogens with zero attached hydrogens (tertiary/aromatic N) is 1. The number of nitrogens with one attached hydrogen (secondary N) is 1. The highest BCUT2D eigenvalue weighted by Crippen LogP contribution is 2.22. The molecule has 1 unspecified atom stereocenters. The lowest BCUT2D eigenvalue weighted by molar-refractivity contribution is -0.131. The van der Waals surface area contributed by atoms with E-state index in [-0.39, 0.29) is 15.8 Å². The molecule has 5 nitrogen and oxygen atoms in total. The fraction of sp³-hybridized carbons (Fsp3) is 0.462. The van der Waals surface area contributed by atoms with Gasteiger partial charge in [-0.25, -0.2) is 12.8 Å². The zero-order valence-electron chi connectivity index (χ0n) is 11.5. The largest absolute Gasteiger partial charge is 0.341 e. The molecular formula is C13H16ClFN2O3S. The highest BCUT2D eigenvalue weighted by Gasteiger charge is 2.28. The van der Waals surface area contributed by atoms with Crippen LogP contribution in [0.1, 0.15) is 19.8 Å². The number of hydrogen-bond acceptors (Lipinski definition) is 3. The summed E-state index contributed by atoms with van der Waals surface area (Å²) in [6.07, 6.45) is 1.85. The third kappa shape index (κ3) is 3.72. The molecular weight excluding hydrogens is 319 g/mol. The predicted molar refractivity (Wildman–Crippen MR) is 77.0 cm³/mol. The number of carbonyl (C=O) groups excluding carboxylic acids is 1. The van der Waals surface area contributed by atoms with E-state index in [1.54, 1.807) is 4.90 Å². The van der Waals surface area contributed by atoms with Gasteiger partial charge in [0.1, 0.15) is 10.7 Å². The Bertz CT molecular complexity index is 645. The number of amides is 1. The van der Waals surface area contributed by atoms with Crippen LogP contribution < -0.4 is 4.72 Å². The number of sulfonamides is 1.